The standard InChI is InChI=1S/C12H13ClN2S/c1-8-3-4-11(13)12(5-8)14-6-10-7-16-9(2)15-10/h3-5,7,14H,6H2,1-2H3. The van der Waals surface area contributed by atoms with Crippen LogP contribution in [0.1, 0.15) is 16.3 Å². The molecule has 0 amide bonds. The highest BCUT2D eigenvalue weighted by Gasteiger charge is 2.02. The van der Waals surface area contributed by atoms with Crippen molar-refractivity contribution in [3.05, 3.63) is 44.9 Å². The molecule has 0 radical (unpaired) electrons. The molecule has 0 fully saturated rings. The molecule has 0 spiro atoms. The Kier molecular flexibility index (Phi) is 3.46. The van der Waals surface area contributed by atoms with Gasteiger partial charge in [-0.3, -0.25) is 0 Å². The normalized spacial score (nSPS) is 10.4. The van der Waals surface area contributed by atoms with E-state index in [4.69, 9.17) is 11.6 Å². The van der Waals surface area contributed by atoms with Crippen LogP contribution in [0.2, 0.25) is 5.02 Å². The zero-order valence-electron chi connectivity index (χ0n) is 9.25. The van der Waals surface area contributed by atoms with Crippen LogP contribution in [0.4, 0.5) is 5.69 Å². The van der Waals surface area contributed by atoms with Crippen molar-refractivity contribution in [3.63, 3.8) is 0 Å². The summed E-state index contributed by atoms with van der Waals surface area (Å²) in [5, 5.41) is 7.19. The molecule has 2 nitrogen and oxygen atoms in total. The first-order valence-corrected chi connectivity index (χ1v) is 6.32. The third-order valence-electron chi connectivity index (χ3n) is 2.25. The van der Waals surface area contributed by atoms with Gasteiger partial charge in [0, 0.05) is 5.38 Å². The van der Waals surface area contributed by atoms with E-state index >= 15 is 0 Å². The first-order valence-electron chi connectivity index (χ1n) is 5.06. The molecule has 2 rings (SSSR count). The molecule has 1 aromatic carbocycles. The van der Waals surface area contributed by atoms with E-state index in [0.29, 0.717) is 6.54 Å². The van der Waals surface area contributed by atoms with Crippen molar-refractivity contribution < 1.29 is 0 Å². The van der Waals surface area contributed by atoms with Gasteiger partial charge in [-0.2, -0.15) is 0 Å². The molecule has 0 atom stereocenters. The molecule has 84 valence electrons. The van der Waals surface area contributed by atoms with Crippen molar-refractivity contribution >= 4 is 28.6 Å². The fraction of sp³-hybridized carbons (Fsp3) is 0.250. The summed E-state index contributed by atoms with van der Waals surface area (Å²) >= 11 is 7.75. The highest BCUT2D eigenvalue weighted by atomic mass is 35.5. The molecule has 1 N–H and O–H groups in total. The van der Waals surface area contributed by atoms with Crippen molar-refractivity contribution in [3.8, 4) is 0 Å². The smallest absolute Gasteiger partial charge is 0.0898 e. The van der Waals surface area contributed by atoms with E-state index in [1.807, 2.05) is 25.1 Å². The Bertz CT molecular complexity index is 494. The predicted molar refractivity (Wildman–Crippen MR) is 70.4 cm³/mol. The molecule has 0 saturated carbocycles. The van der Waals surface area contributed by atoms with Crippen molar-refractivity contribution in [1.29, 1.82) is 0 Å². The second-order valence-electron chi connectivity index (χ2n) is 3.69. The van der Waals surface area contributed by atoms with Gasteiger partial charge >= 0.3 is 0 Å². The first-order chi connectivity index (χ1) is 7.65. The molecule has 0 saturated heterocycles. The van der Waals surface area contributed by atoms with Gasteiger partial charge in [-0.1, -0.05) is 17.7 Å². The highest BCUT2D eigenvalue weighted by molar-refractivity contribution is 7.09. The second-order valence-corrected chi connectivity index (χ2v) is 5.16. The number of benzene rings is 1. The number of nitrogens with one attached hydrogen (secondary N) is 1. The number of aromatic nitrogens is 1. The van der Waals surface area contributed by atoms with E-state index in [-0.39, 0.29) is 0 Å². The number of halogens is 1. The lowest BCUT2D eigenvalue weighted by atomic mass is 10.2. The van der Waals surface area contributed by atoms with Crippen LogP contribution >= 0.6 is 22.9 Å². The molecule has 1 heterocycles. The molecular formula is C12H13ClN2S. The maximum Gasteiger partial charge on any atom is 0.0898 e. The molecule has 0 bridgehead atoms. The molecule has 1 aromatic heterocycles. The number of aryl methyl sites for hydroxylation is 2. The summed E-state index contributed by atoms with van der Waals surface area (Å²) in [5.41, 5.74) is 3.22. The molecule has 16 heavy (non-hydrogen) atoms. The van der Waals surface area contributed by atoms with Gasteiger partial charge in [-0.25, -0.2) is 4.98 Å². The third kappa shape index (κ3) is 2.74. The first kappa shape index (κ1) is 11.4. The van der Waals surface area contributed by atoms with Gasteiger partial charge in [0.2, 0.25) is 0 Å². The van der Waals surface area contributed by atoms with Crippen molar-refractivity contribution in [1.82, 2.24) is 4.98 Å². The van der Waals surface area contributed by atoms with Gasteiger partial charge in [0.25, 0.3) is 0 Å². The molecule has 2 aromatic rings. The molecule has 0 aliphatic heterocycles. The monoisotopic (exact) mass is 252 g/mol. The molecular weight excluding hydrogens is 240 g/mol. The number of hydrogen-bond acceptors (Lipinski definition) is 3. The van der Waals surface area contributed by atoms with Gasteiger partial charge in [0.15, 0.2) is 0 Å². The summed E-state index contributed by atoms with van der Waals surface area (Å²) in [4.78, 5) is 4.39. The van der Waals surface area contributed by atoms with Crippen molar-refractivity contribution in [2.45, 2.75) is 20.4 Å². The Morgan fingerprint density at radius 1 is 1.38 bits per heavy atom. The Balaban J connectivity index is 2.07. The Labute approximate surface area is 104 Å². The fourth-order valence-corrected chi connectivity index (χ4v) is 2.25. The summed E-state index contributed by atoms with van der Waals surface area (Å²) in [6.45, 7) is 4.77. The van der Waals surface area contributed by atoms with Gasteiger partial charge < -0.3 is 5.32 Å². The van der Waals surface area contributed by atoms with Crippen LogP contribution in [0.5, 0.6) is 0 Å². The fourth-order valence-electron chi connectivity index (χ4n) is 1.45. The molecule has 0 aliphatic rings. The highest BCUT2D eigenvalue weighted by Crippen LogP contribution is 2.23. The van der Waals surface area contributed by atoms with Crippen LogP contribution < -0.4 is 5.32 Å². The summed E-state index contributed by atoms with van der Waals surface area (Å²) in [6, 6.07) is 5.95. The number of rotatable bonds is 3. The summed E-state index contributed by atoms with van der Waals surface area (Å²) in [7, 11) is 0. The minimum absolute atomic E-state index is 0.716. The van der Waals surface area contributed by atoms with Crippen molar-refractivity contribution in [2.75, 3.05) is 5.32 Å². The lowest BCUT2D eigenvalue weighted by Crippen LogP contribution is -2.00. The quantitative estimate of drug-likeness (QED) is 0.892. The Hall–Kier alpha value is -1.06. The van der Waals surface area contributed by atoms with E-state index < -0.39 is 0 Å². The topological polar surface area (TPSA) is 24.9 Å². The maximum atomic E-state index is 6.09. The van der Waals surface area contributed by atoms with E-state index in [9.17, 15) is 0 Å². The van der Waals surface area contributed by atoms with Crippen LogP contribution in [0.15, 0.2) is 23.6 Å². The molecule has 0 aliphatic carbocycles. The van der Waals surface area contributed by atoms with E-state index in [1.54, 1.807) is 11.3 Å². The minimum atomic E-state index is 0.716. The summed E-state index contributed by atoms with van der Waals surface area (Å²) < 4.78 is 0. The van der Waals surface area contributed by atoms with E-state index in [1.165, 1.54) is 5.56 Å². The average molecular weight is 253 g/mol. The largest absolute Gasteiger partial charge is 0.378 e. The van der Waals surface area contributed by atoms with Crippen LogP contribution in [0, 0.1) is 13.8 Å². The third-order valence-corrected chi connectivity index (χ3v) is 3.40. The number of nitrogens with zero attached hydrogens (tertiary/aromatic N) is 1. The average Bonchev–Trinajstić information content (AvgIpc) is 2.66. The van der Waals surface area contributed by atoms with E-state index in [2.05, 4.69) is 22.6 Å². The minimum Gasteiger partial charge on any atom is -0.378 e. The lowest BCUT2D eigenvalue weighted by Gasteiger charge is -2.07. The Morgan fingerprint density at radius 2 is 2.19 bits per heavy atom. The summed E-state index contributed by atoms with van der Waals surface area (Å²) in [5.74, 6) is 0. The van der Waals surface area contributed by atoms with E-state index in [0.717, 1.165) is 21.4 Å². The second kappa shape index (κ2) is 4.85. The van der Waals surface area contributed by atoms with Crippen LogP contribution in [0.25, 0.3) is 0 Å². The van der Waals surface area contributed by atoms with Crippen LogP contribution in [0.3, 0.4) is 0 Å². The van der Waals surface area contributed by atoms with Crippen LogP contribution in [-0.2, 0) is 6.54 Å². The van der Waals surface area contributed by atoms with Gasteiger partial charge in [-0.05, 0) is 31.5 Å². The van der Waals surface area contributed by atoms with Gasteiger partial charge in [0.05, 0.1) is 28.0 Å². The number of hydrogen-bond donors (Lipinski definition) is 1. The lowest BCUT2D eigenvalue weighted by molar-refractivity contribution is 1.05. The summed E-state index contributed by atoms with van der Waals surface area (Å²) in [6.07, 6.45) is 0. The van der Waals surface area contributed by atoms with Gasteiger partial charge in [0.1, 0.15) is 0 Å². The van der Waals surface area contributed by atoms with Crippen molar-refractivity contribution in [2.24, 2.45) is 0 Å². The maximum absolute atomic E-state index is 6.09. The number of anilines is 1. The molecule has 0 unspecified atom stereocenters. The van der Waals surface area contributed by atoms with Gasteiger partial charge in [-0.15, -0.1) is 11.3 Å². The zero-order valence-corrected chi connectivity index (χ0v) is 10.8. The molecule has 4 heteroatoms. The van der Waals surface area contributed by atoms with Crippen LogP contribution in [-0.4, -0.2) is 4.98 Å². The number of thiazole rings is 1. The SMILES string of the molecule is Cc1ccc(Cl)c(NCc2csc(C)n2)c1. The predicted octanol–water partition coefficient (Wildman–Crippen LogP) is 4.03. The zero-order chi connectivity index (χ0) is 11.5. The Morgan fingerprint density at radius 3 is 2.88 bits per heavy atom.